The van der Waals surface area contributed by atoms with Crippen LogP contribution in [0.4, 0.5) is 4.39 Å². The van der Waals surface area contributed by atoms with Crippen LogP contribution < -0.4 is 5.32 Å². The van der Waals surface area contributed by atoms with Crippen LogP contribution in [0.3, 0.4) is 0 Å². The van der Waals surface area contributed by atoms with Crippen molar-refractivity contribution in [1.29, 1.82) is 0 Å². The van der Waals surface area contributed by atoms with E-state index >= 15 is 0 Å². The van der Waals surface area contributed by atoms with Crippen molar-refractivity contribution in [2.45, 2.75) is 18.9 Å². The minimum atomic E-state index is -0.468. The standard InChI is InChI=1S/C13H17FN2O/c1-16-8-4-5-10(16)9-15-13(17)11-6-2-3-7-12(11)14/h2-3,6-7,10H,4-5,8-9H2,1H3,(H,15,17). The third kappa shape index (κ3) is 2.82. The van der Waals surface area contributed by atoms with E-state index in [0.717, 1.165) is 19.4 Å². The maximum absolute atomic E-state index is 13.3. The van der Waals surface area contributed by atoms with E-state index in [1.165, 1.54) is 12.1 Å². The molecular weight excluding hydrogens is 219 g/mol. The van der Waals surface area contributed by atoms with Gasteiger partial charge in [-0.25, -0.2) is 4.39 Å². The van der Waals surface area contributed by atoms with Gasteiger partial charge in [0.25, 0.3) is 5.91 Å². The Balaban J connectivity index is 1.91. The first-order chi connectivity index (χ1) is 8.18. The molecule has 1 amide bonds. The molecule has 1 fully saturated rings. The number of rotatable bonds is 3. The molecule has 0 aromatic heterocycles. The highest BCUT2D eigenvalue weighted by Crippen LogP contribution is 2.14. The molecule has 0 aliphatic carbocycles. The van der Waals surface area contributed by atoms with Crippen LogP contribution in [0.2, 0.25) is 0 Å². The molecule has 1 aromatic carbocycles. The van der Waals surface area contributed by atoms with Gasteiger partial charge in [-0.1, -0.05) is 12.1 Å². The summed E-state index contributed by atoms with van der Waals surface area (Å²) in [5.74, 6) is -0.798. The molecule has 3 nitrogen and oxygen atoms in total. The summed E-state index contributed by atoms with van der Waals surface area (Å²) in [4.78, 5) is 14.0. The fourth-order valence-corrected chi connectivity index (χ4v) is 2.19. The lowest BCUT2D eigenvalue weighted by Gasteiger charge is -2.19. The van der Waals surface area contributed by atoms with Gasteiger partial charge in [0.05, 0.1) is 5.56 Å². The van der Waals surface area contributed by atoms with Gasteiger partial charge in [-0.3, -0.25) is 4.79 Å². The van der Waals surface area contributed by atoms with Gasteiger partial charge < -0.3 is 10.2 Å². The van der Waals surface area contributed by atoms with Crippen LogP contribution in [0.15, 0.2) is 24.3 Å². The number of halogens is 1. The summed E-state index contributed by atoms with van der Waals surface area (Å²) in [5, 5.41) is 2.79. The topological polar surface area (TPSA) is 32.3 Å². The van der Waals surface area contributed by atoms with Gasteiger partial charge in [-0.15, -0.1) is 0 Å². The molecule has 0 saturated carbocycles. The number of hydrogen-bond donors (Lipinski definition) is 1. The molecule has 2 rings (SSSR count). The van der Waals surface area contributed by atoms with Crippen molar-refractivity contribution in [3.63, 3.8) is 0 Å². The molecule has 1 N–H and O–H groups in total. The van der Waals surface area contributed by atoms with Gasteiger partial charge in [0.2, 0.25) is 0 Å². The zero-order valence-electron chi connectivity index (χ0n) is 9.95. The van der Waals surface area contributed by atoms with Gasteiger partial charge >= 0.3 is 0 Å². The molecule has 0 bridgehead atoms. The summed E-state index contributed by atoms with van der Waals surface area (Å²) in [6.45, 7) is 1.66. The molecule has 1 unspecified atom stereocenters. The van der Waals surface area contributed by atoms with Gasteiger partial charge in [-0.2, -0.15) is 0 Å². The lowest BCUT2D eigenvalue weighted by Crippen LogP contribution is -2.38. The van der Waals surface area contributed by atoms with E-state index < -0.39 is 5.82 Å². The van der Waals surface area contributed by atoms with Crippen molar-refractivity contribution in [2.75, 3.05) is 20.1 Å². The Morgan fingerprint density at radius 2 is 2.29 bits per heavy atom. The van der Waals surface area contributed by atoms with Crippen LogP contribution in [0.1, 0.15) is 23.2 Å². The van der Waals surface area contributed by atoms with Crippen molar-refractivity contribution in [1.82, 2.24) is 10.2 Å². The van der Waals surface area contributed by atoms with Crippen LogP contribution in [-0.4, -0.2) is 37.0 Å². The summed E-state index contributed by atoms with van der Waals surface area (Å²) in [6, 6.07) is 6.43. The Hall–Kier alpha value is -1.42. The molecule has 0 spiro atoms. The summed E-state index contributed by atoms with van der Waals surface area (Å²) in [6.07, 6.45) is 2.25. The summed E-state index contributed by atoms with van der Waals surface area (Å²) < 4.78 is 13.3. The Morgan fingerprint density at radius 3 is 2.94 bits per heavy atom. The predicted molar refractivity (Wildman–Crippen MR) is 64.4 cm³/mol. The Labute approximate surface area is 101 Å². The van der Waals surface area contributed by atoms with Crippen molar-refractivity contribution in [2.24, 2.45) is 0 Å². The highest BCUT2D eigenvalue weighted by atomic mass is 19.1. The lowest BCUT2D eigenvalue weighted by molar-refractivity contribution is 0.0939. The highest BCUT2D eigenvalue weighted by molar-refractivity contribution is 5.94. The van der Waals surface area contributed by atoms with E-state index in [0.29, 0.717) is 12.6 Å². The normalized spacial score (nSPS) is 20.5. The summed E-state index contributed by atoms with van der Waals surface area (Å²) in [5.41, 5.74) is 0.119. The van der Waals surface area contributed by atoms with Crippen molar-refractivity contribution < 1.29 is 9.18 Å². The molecule has 1 aromatic rings. The number of likely N-dealkylation sites (N-methyl/N-ethyl adjacent to an activating group) is 1. The quantitative estimate of drug-likeness (QED) is 0.865. The number of likely N-dealkylation sites (tertiary alicyclic amines) is 1. The van der Waals surface area contributed by atoms with Crippen LogP contribution in [0.25, 0.3) is 0 Å². The van der Waals surface area contributed by atoms with Crippen LogP contribution >= 0.6 is 0 Å². The number of nitrogens with one attached hydrogen (secondary N) is 1. The van der Waals surface area contributed by atoms with Gasteiger partial charge in [0.15, 0.2) is 0 Å². The van der Waals surface area contributed by atoms with Gasteiger partial charge in [0, 0.05) is 12.6 Å². The second kappa shape index (κ2) is 5.27. The third-order valence-electron chi connectivity index (χ3n) is 3.29. The summed E-state index contributed by atoms with van der Waals surface area (Å²) in [7, 11) is 2.05. The van der Waals surface area contributed by atoms with Crippen molar-refractivity contribution in [3.05, 3.63) is 35.6 Å². The molecule has 1 aliphatic rings. The fourth-order valence-electron chi connectivity index (χ4n) is 2.19. The first kappa shape index (κ1) is 12.0. The Kier molecular flexibility index (Phi) is 3.74. The average molecular weight is 236 g/mol. The largest absolute Gasteiger partial charge is 0.350 e. The maximum Gasteiger partial charge on any atom is 0.254 e. The lowest BCUT2D eigenvalue weighted by atomic mass is 10.2. The highest BCUT2D eigenvalue weighted by Gasteiger charge is 2.21. The Morgan fingerprint density at radius 1 is 1.53 bits per heavy atom. The van der Waals surface area contributed by atoms with E-state index in [4.69, 9.17) is 0 Å². The fraction of sp³-hybridized carbons (Fsp3) is 0.462. The van der Waals surface area contributed by atoms with Gasteiger partial charge in [0.1, 0.15) is 5.82 Å². The molecular formula is C13H17FN2O. The van der Waals surface area contributed by atoms with E-state index in [2.05, 4.69) is 10.2 Å². The molecule has 1 heterocycles. The molecule has 0 radical (unpaired) electrons. The Bertz CT molecular complexity index is 408. The average Bonchev–Trinajstić information content (AvgIpc) is 2.72. The zero-order valence-corrected chi connectivity index (χ0v) is 9.95. The molecule has 1 atom stereocenters. The molecule has 1 saturated heterocycles. The third-order valence-corrected chi connectivity index (χ3v) is 3.29. The first-order valence-corrected chi connectivity index (χ1v) is 5.91. The minimum Gasteiger partial charge on any atom is -0.350 e. The van der Waals surface area contributed by atoms with E-state index in [-0.39, 0.29) is 11.5 Å². The number of hydrogen-bond acceptors (Lipinski definition) is 2. The van der Waals surface area contributed by atoms with E-state index in [1.54, 1.807) is 12.1 Å². The predicted octanol–water partition coefficient (Wildman–Crippen LogP) is 1.65. The monoisotopic (exact) mass is 236 g/mol. The molecule has 92 valence electrons. The minimum absolute atomic E-state index is 0.119. The van der Waals surface area contributed by atoms with E-state index in [9.17, 15) is 9.18 Å². The smallest absolute Gasteiger partial charge is 0.254 e. The number of benzene rings is 1. The molecule has 17 heavy (non-hydrogen) atoms. The van der Waals surface area contributed by atoms with Crippen molar-refractivity contribution >= 4 is 5.91 Å². The number of amides is 1. The maximum atomic E-state index is 13.3. The SMILES string of the molecule is CN1CCCC1CNC(=O)c1ccccc1F. The van der Waals surface area contributed by atoms with Crippen molar-refractivity contribution in [3.8, 4) is 0 Å². The second-order valence-electron chi connectivity index (χ2n) is 4.47. The number of carbonyl (C=O) groups is 1. The van der Waals surface area contributed by atoms with Crippen LogP contribution in [0, 0.1) is 5.82 Å². The molecule has 4 heteroatoms. The van der Waals surface area contributed by atoms with Gasteiger partial charge in [-0.05, 0) is 38.6 Å². The van der Waals surface area contributed by atoms with E-state index in [1.807, 2.05) is 7.05 Å². The second-order valence-corrected chi connectivity index (χ2v) is 4.47. The number of nitrogens with zero attached hydrogens (tertiary/aromatic N) is 1. The van der Waals surface area contributed by atoms with Crippen LogP contribution in [0.5, 0.6) is 0 Å². The van der Waals surface area contributed by atoms with Crippen LogP contribution in [-0.2, 0) is 0 Å². The first-order valence-electron chi connectivity index (χ1n) is 5.91. The molecule has 1 aliphatic heterocycles. The zero-order chi connectivity index (χ0) is 12.3. The summed E-state index contributed by atoms with van der Waals surface area (Å²) >= 11 is 0. The number of carbonyl (C=O) groups excluding carboxylic acids is 1.